The Morgan fingerprint density at radius 2 is 2.08 bits per heavy atom. The fourth-order valence-electron chi connectivity index (χ4n) is 2.75. The van der Waals surface area contributed by atoms with E-state index in [4.69, 9.17) is 9.15 Å². The number of hydrogen-bond acceptors (Lipinski definition) is 7. The van der Waals surface area contributed by atoms with Gasteiger partial charge in [-0.05, 0) is 26.8 Å². The van der Waals surface area contributed by atoms with Gasteiger partial charge in [0.25, 0.3) is 0 Å². The summed E-state index contributed by atoms with van der Waals surface area (Å²) in [4.78, 5) is 38.2. The summed E-state index contributed by atoms with van der Waals surface area (Å²) in [5.41, 5.74) is 0.601. The first kappa shape index (κ1) is 17.4. The molecule has 0 amide bonds. The molecule has 2 unspecified atom stereocenters. The Bertz CT molecular complexity index is 760. The Balaban J connectivity index is 2.62. The number of allylic oxidation sites excluding steroid dienone is 1. The lowest BCUT2D eigenvalue weighted by molar-refractivity contribution is -0.402. The van der Waals surface area contributed by atoms with E-state index < -0.39 is 34.6 Å². The molecule has 0 saturated heterocycles. The second-order valence-corrected chi connectivity index (χ2v) is 5.20. The highest BCUT2D eigenvalue weighted by Crippen LogP contribution is 2.41. The van der Waals surface area contributed by atoms with Crippen LogP contribution < -0.4 is 0 Å². The minimum atomic E-state index is -1.21. The summed E-state index contributed by atoms with van der Waals surface area (Å²) in [7, 11) is 0. The average Bonchev–Trinajstić information content (AvgIpc) is 2.95. The number of aliphatic imine (C=N–C) groups is 1. The lowest BCUT2D eigenvalue weighted by Gasteiger charge is -2.28. The van der Waals surface area contributed by atoms with Crippen LogP contribution in [0.2, 0.25) is 0 Å². The largest absolute Gasteiger partial charge is 0.481 e. The number of aliphatic carboxylic acids is 1. The first-order chi connectivity index (χ1) is 11.3. The van der Waals surface area contributed by atoms with Gasteiger partial charge in [0.2, 0.25) is 0 Å². The number of carbonyl (C=O) groups excluding carboxylic acids is 1. The Morgan fingerprint density at radius 1 is 1.42 bits per heavy atom. The number of hydrogen-bond donors (Lipinski definition) is 1. The second kappa shape index (κ2) is 6.65. The first-order valence-corrected chi connectivity index (χ1v) is 7.17. The Kier molecular flexibility index (Phi) is 4.82. The zero-order chi connectivity index (χ0) is 18.0. The number of carboxylic acid groups (broad SMARTS) is 1. The molecule has 0 saturated carbocycles. The molecule has 0 fully saturated rings. The van der Waals surface area contributed by atoms with E-state index in [-0.39, 0.29) is 23.7 Å². The van der Waals surface area contributed by atoms with Crippen molar-refractivity contribution in [3.8, 4) is 0 Å². The third-order valence-electron chi connectivity index (χ3n) is 3.69. The summed E-state index contributed by atoms with van der Waals surface area (Å²) in [6, 6.07) is 2.41. The van der Waals surface area contributed by atoms with Crippen molar-refractivity contribution >= 4 is 23.5 Å². The van der Waals surface area contributed by atoms with Crippen molar-refractivity contribution in [2.24, 2.45) is 10.9 Å². The Morgan fingerprint density at radius 3 is 2.58 bits per heavy atom. The van der Waals surface area contributed by atoms with Gasteiger partial charge in [-0.3, -0.25) is 19.9 Å². The molecule has 2 heterocycles. The van der Waals surface area contributed by atoms with Crippen LogP contribution in [0.5, 0.6) is 0 Å². The van der Waals surface area contributed by atoms with Gasteiger partial charge in [0.15, 0.2) is 0 Å². The smallest absolute Gasteiger partial charge is 0.433 e. The molecule has 2 atom stereocenters. The molecule has 0 aliphatic carbocycles. The fourth-order valence-corrected chi connectivity index (χ4v) is 2.75. The highest BCUT2D eigenvalue weighted by molar-refractivity contribution is 6.06. The van der Waals surface area contributed by atoms with Crippen LogP contribution in [0.3, 0.4) is 0 Å². The van der Waals surface area contributed by atoms with Crippen LogP contribution in [0.4, 0.5) is 5.88 Å². The molecule has 24 heavy (non-hydrogen) atoms. The van der Waals surface area contributed by atoms with E-state index in [1.807, 2.05) is 0 Å². The fraction of sp³-hybridized carbons (Fsp3) is 0.400. The topological polar surface area (TPSA) is 132 Å². The number of nitro groups is 1. The molecule has 1 aliphatic heterocycles. The van der Waals surface area contributed by atoms with Gasteiger partial charge in [-0.25, -0.2) is 4.79 Å². The van der Waals surface area contributed by atoms with Crippen LogP contribution >= 0.6 is 0 Å². The number of furan rings is 1. The predicted octanol–water partition coefficient (Wildman–Crippen LogP) is 2.28. The van der Waals surface area contributed by atoms with Crippen molar-refractivity contribution in [3.63, 3.8) is 0 Å². The number of carboxylic acids is 1. The first-order valence-electron chi connectivity index (χ1n) is 7.17. The van der Waals surface area contributed by atoms with Crippen molar-refractivity contribution < 1.29 is 28.8 Å². The molecule has 1 aromatic heterocycles. The summed E-state index contributed by atoms with van der Waals surface area (Å²) < 4.78 is 10.1. The molecule has 9 heteroatoms. The summed E-state index contributed by atoms with van der Waals surface area (Å²) in [6.07, 6.45) is 0. The van der Waals surface area contributed by atoms with Gasteiger partial charge in [0.1, 0.15) is 16.6 Å². The summed E-state index contributed by atoms with van der Waals surface area (Å²) in [6.45, 7) is 4.79. The number of rotatable bonds is 5. The molecular weight excluding hydrogens is 320 g/mol. The Hall–Kier alpha value is -2.97. The lowest BCUT2D eigenvalue weighted by Crippen LogP contribution is -2.35. The highest BCUT2D eigenvalue weighted by Gasteiger charge is 2.43. The van der Waals surface area contributed by atoms with Gasteiger partial charge in [-0.1, -0.05) is 0 Å². The number of carbonyl (C=O) groups is 2. The minimum absolute atomic E-state index is 0.00533. The van der Waals surface area contributed by atoms with Gasteiger partial charge >= 0.3 is 17.8 Å². The third-order valence-corrected chi connectivity index (χ3v) is 3.69. The minimum Gasteiger partial charge on any atom is -0.481 e. The van der Waals surface area contributed by atoms with E-state index in [9.17, 15) is 24.8 Å². The quantitative estimate of drug-likeness (QED) is 0.495. The lowest BCUT2D eigenvalue weighted by atomic mass is 9.78. The maximum absolute atomic E-state index is 12.3. The van der Waals surface area contributed by atoms with Crippen LogP contribution in [0, 0.1) is 16.0 Å². The molecular formula is C15H16N2O7. The molecule has 0 bridgehead atoms. The normalized spacial score (nSPS) is 20.5. The van der Waals surface area contributed by atoms with Crippen molar-refractivity contribution in [3.05, 3.63) is 39.3 Å². The Labute approximate surface area is 136 Å². The predicted molar refractivity (Wildman–Crippen MR) is 81.7 cm³/mol. The van der Waals surface area contributed by atoms with Crippen molar-refractivity contribution in [1.29, 1.82) is 0 Å². The number of nitrogens with zero attached hydrogens (tertiary/aromatic N) is 2. The van der Waals surface area contributed by atoms with Crippen LogP contribution in [0.25, 0.3) is 0 Å². The van der Waals surface area contributed by atoms with Gasteiger partial charge < -0.3 is 14.3 Å². The maximum atomic E-state index is 12.3. The molecule has 1 aliphatic rings. The van der Waals surface area contributed by atoms with Crippen LogP contribution in [0.1, 0.15) is 32.4 Å². The number of ether oxygens (including phenoxy) is 1. The van der Waals surface area contributed by atoms with Crippen LogP contribution in [-0.2, 0) is 14.3 Å². The van der Waals surface area contributed by atoms with E-state index >= 15 is 0 Å². The third kappa shape index (κ3) is 3.05. The van der Waals surface area contributed by atoms with Gasteiger partial charge in [-0.15, -0.1) is 0 Å². The molecule has 9 nitrogen and oxygen atoms in total. The molecule has 0 aromatic carbocycles. The molecule has 1 aromatic rings. The summed E-state index contributed by atoms with van der Waals surface area (Å²) in [5.74, 6) is -4.69. The monoisotopic (exact) mass is 336 g/mol. The number of esters is 1. The molecule has 128 valence electrons. The van der Waals surface area contributed by atoms with Crippen LogP contribution in [-0.4, -0.2) is 34.3 Å². The van der Waals surface area contributed by atoms with Crippen molar-refractivity contribution in [2.75, 3.05) is 6.61 Å². The van der Waals surface area contributed by atoms with E-state index in [1.54, 1.807) is 13.8 Å². The van der Waals surface area contributed by atoms with E-state index in [2.05, 4.69) is 4.99 Å². The van der Waals surface area contributed by atoms with Gasteiger partial charge in [-0.2, -0.15) is 0 Å². The zero-order valence-electron chi connectivity index (χ0n) is 13.3. The second-order valence-electron chi connectivity index (χ2n) is 5.20. The molecule has 1 N–H and O–H groups in total. The maximum Gasteiger partial charge on any atom is 0.433 e. The standard InChI is InChI=1S/C15H16N2O7/c1-4-23-15(20)12-8(3)16-7(2)11(14(18)19)13(12)9-5-6-10(24-9)17(21)22/h5-6,11,13H,4H2,1-3H3,(H,18,19). The summed E-state index contributed by atoms with van der Waals surface area (Å²) >= 11 is 0. The molecule has 0 spiro atoms. The molecule has 0 radical (unpaired) electrons. The van der Waals surface area contributed by atoms with E-state index in [1.165, 1.54) is 13.0 Å². The van der Waals surface area contributed by atoms with Gasteiger partial charge in [0, 0.05) is 11.4 Å². The van der Waals surface area contributed by atoms with Crippen molar-refractivity contribution in [2.45, 2.75) is 26.7 Å². The van der Waals surface area contributed by atoms with Crippen LogP contribution in [0.15, 0.2) is 32.8 Å². The molecule has 2 rings (SSSR count). The van der Waals surface area contributed by atoms with E-state index in [0.29, 0.717) is 5.70 Å². The zero-order valence-corrected chi connectivity index (χ0v) is 13.3. The van der Waals surface area contributed by atoms with Gasteiger partial charge in [0.05, 0.1) is 24.2 Å². The van der Waals surface area contributed by atoms with E-state index in [0.717, 1.165) is 6.07 Å². The van der Waals surface area contributed by atoms with Crippen molar-refractivity contribution in [1.82, 2.24) is 0 Å². The summed E-state index contributed by atoms with van der Waals surface area (Å²) in [5, 5.41) is 20.4. The average molecular weight is 336 g/mol. The highest BCUT2D eigenvalue weighted by atomic mass is 16.6. The SMILES string of the molecule is CCOC(=O)C1=C(C)N=C(C)C(C(=O)O)C1c1ccc([N+](=O)[O-])o1.